The summed E-state index contributed by atoms with van der Waals surface area (Å²) in [6.07, 6.45) is 0.955. The van der Waals surface area contributed by atoms with Gasteiger partial charge < -0.3 is 14.5 Å². The smallest absolute Gasteiger partial charge is 0.374 e. The van der Waals surface area contributed by atoms with Crippen molar-refractivity contribution in [3.63, 3.8) is 0 Å². The first-order chi connectivity index (χ1) is 8.49. The van der Waals surface area contributed by atoms with Crippen LogP contribution in [0.1, 0.15) is 41.3 Å². The maximum absolute atomic E-state index is 12.1. The highest BCUT2D eigenvalue weighted by atomic mass is 16.5. The van der Waals surface area contributed by atoms with E-state index >= 15 is 0 Å². The number of carboxylic acid groups (broad SMARTS) is 1. The van der Waals surface area contributed by atoms with Gasteiger partial charge in [-0.05, 0) is 18.3 Å². The van der Waals surface area contributed by atoms with Gasteiger partial charge in [0.05, 0.1) is 0 Å². The molecular formula is C12H16N2O4. The molecule has 0 aliphatic carbocycles. The lowest BCUT2D eigenvalue weighted by Crippen LogP contribution is -2.42. The van der Waals surface area contributed by atoms with E-state index in [2.05, 4.69) is 23.5 Å². The number of hydrogen-bond donors (Lipinski definition) is 1. The predicted octanol–water partition coefficient (Wildman–Crippen LogP) is 1.49. The number of likely N-dealkylation sites (tertiary alicyclic amines) is 1. The van der Waals surface area contributed by atoms with Gasteiger partial charge in [0.15, 0.2) is 5.69 Å². The molecule has 1 saturated heterocycles. The summed E-state index contributed by atoms with van der Waals surface area (Å²) in [6, 6.07) is 1.17. The summed E-state index contributed by atoms with van der Waals surface area (Å²) < 4.78 is 4.59. The summed E-state index contributed by atoms with van der Waals surface area (Å²) in [7, 11) is 0. The molecule has 1 aliphatic heterocycles. The Labute approximate surface area is 105 Å². The summed E-state index contributed by atoms with van der Waals surface area (Å²) in [4.78, 5) is 24.5. The van der Waals surface area contributed by atoms with Crippen LogP contribution >= 0.6 is 0 Å². The molecule has 18 heavy (non-hydrogen) atoms. The molecule has 2 heterocycles. The van der Waals surface area contributed by atoms with Gasteiger partial charge in [-0.1, -0.05) is 19.0 Å². The fourth-order valence-electron chi connectivity index (χ4n) is 2.09. The van der Waals surface area contributed by atoms with Crippen molar-refractivity contribution in [3.05, 3.63) is 17.5 Å². The second-order valence-electron chi connectivity index (χ2n) is 4.88. The first-order valence-corrected chi connectivity index (χ1v) is 5.98. The number of aromatic carboxylic acids is 1. The van der Waals surface area contributed by atoms with Gasteiger partial charge in [0.2, 0.25) is 5.76 Å². The first kappa shape index (κ1) is 12.6. The number of carbonyl (C=O) groups is 2. The zero-order chi connectivity index (χ0) is 13.3. The molecule has 2 atom stereocenters. The maximum Gasteiger partial charge on any atom is 0.374 e. The van der Waals surface area contributed by atoms with Gasteiger partial charge in [0.1, 0.15) is 0 Å². The van der Waals surface area contributed by atoms with Crippen LogP contribution in [-0.2, 0) is 0 Å². The van der Waals surface area contributed by atoms with Crippen LogP contribution in [0, 0.1) is 11.8 Å². The topological polar surface area (TPSA) is 83.6 Å². The van der Waals surface area contributed by atoms with Crippen LogP contribution in [0.15, 0.2) is 10.6 Å². The van der Waals surface area contributed by atoms with E-state index in [1.54, 1.807) is 4.90 Å². The average Bonchev–Trinajstić information content (AvgIpc) is 2.81. The van der Waals surface area contributed by atoms with Crippen LogP contribution in [0.4, 0.5) is 0 Å². The molecule has 6 heteroatoms. The minimum atomic E-state index is -1.22. The van der Waals surface area contributed by atoms with Crippen molar-refractivity contribution in [2.45, 2.75) is 20.3 Å². The maximum atomic E-state index is 12.1. The number of carboxylic acids is 1. The number of rotatable bonds is 2. The molecule has 98 valence electrons. The van der Waals surface area contributed by atoms with Crippen molar-refractivity contribution in [3.8, 4) is 0 Å². The Morgan fingerprint density at radius 3 is 2.72 bits per heavy atom. The minimum absolute atomic E-state index is 0.0640. The molecule has 1 fully saturated rings. The number of hydrogen-bond acceptors (Lipinski definition) is 4. The molecule has 1 aromatic rings. The van der Waals surface area contributed by atoms with Crippen LogP contribution in [0.3, 0.4) is 0 Å². The lowest BCUT2D eigenvalue weighted by molar-refractivity contribution is 0.0609. The Hall–Kier alpha value is -1.85. The molecule has 0 radical (unpaired) electrons. The third-order valence-electron chi connectivity index (χ3n) is 3.56. The molecular weight excluding hydrogens is 236 g/mol. The SMILES string of the molecule is CC1CCN(C(=O)c2cc(C(=O)O)on2)CC1C. The molecule has 1 aromatic heterocycles. The number of piperidine rings is 1. The van der Waals surface area contributed by atoms with E-state index in [0.29, 0.717) is 24.9 Å². The van der Waals surface area contributed by atoms with Crippen molar-refractivity contribution in [2.24, 2.45) is 11.8 Å². The van der Waals surface area contributed by atoms with Gasteiger partial charge in [0.25, 0.3) is 5.91 Å². The van der Waals surface area contributed by atoms with Crippen LogP contribution in [0.2, 0.25) is 0 Å². The lowest BCUT2D eigenvalue weighted by atomic mass is 9.88. The van der Waals surface area contributed by atoms with Crippen molar-refractivity contribution in [1.29, 1.82) is 0 Å². The highest BCUT2D eigenvalue weighted by Crippen LogP contribution is 2.23. The molecule has 0 bridgehead atoms. The monoisotopic (exact) mass is 252 g/mol. The van der Waals surface area contributed by atoms with Gasteiger partial charge in [-0.15, -0.1) is 0 Å². The zero-order valence-corrected chi connectivity index (χ0v) is 10.4. The van der Waals surface area contributed by atoms with E-state index in [1.807, 2.05) is 0 Å². The van der Waals surface area contributed by atoms with E-state index in [1.165, 1.54) is 6.07 Å². The molecule has 0 saturated carbocycles. The van der Waals surface area contributed by atoms with Crippen LogP contribution in [0.5, 0.6) is 0 Å². The number of aromatic nitrogens is 1. The molecule has 1 N–H and O–H groups in total. The van der Waals surface area contributed by atoms with E-state index in [-0.39, 0.29) is 17.4 Å². The van der Waals surface area contributed by atoms with Crippen molar-refractivity contribution in [1.82, 2.24) is 10.1 Å². The van der Waals surface area contributed by atoms with E-state index < -0.39 is 5.97 Å². The van der Waals surface area contributed by atoms with E-state index in [9.17, 15) is 9.59 Å². The van der Waals surface area contributed by atoms with Crippen LogP contribution in [-0.4, -0.2) is 40.1 Å². The zero-order valence-electron chi connectivity index (χ0n) is 10.4. The Balaban J connectivity index is 2.09. The lowest BCUT2D eigenvalue weighted by Gasteiger charge is -2.34. The number of nitrogens with zero attached hydrogens (tertiary/aromatic N) is 2. The molecule has 2 unspecified atom stereocenters. The number of amides is 1. The second-order valence-corrected chi connectivity index (χ2v) is 4.88. The summed E-state index contributed by atoms with van der Waals surface area (Å²) in [5.74, 6) is -0.751. The summed E-state index contributed by atoms with van der Waals surface area (Å²) in [6.45, 7) is 5.63. The molecule has 0 spiro atoms. The third kappa shape index (κ3) is 2.37. The van der Waals surface area contributed by atoms with Crippen LogP contribution < -0.4 is 0 Å². The van der Waals surface area contributed by atoms with E-state index in [4.69, 9.17) is 5.11 Å². The van der Waals surface area contributed by atoms with Crippen molar-refractivity contribution in [2.75, 3.05) is 13.1 Å². The largest absolute Gasteiger partial charge is 0.475 e. The summed E-state index contributed by atoms with van der Waals surface area (Å²) >= 11 is 0. The Kier molecular flexibility index (Phi) is 3.36. The normalized spacial score (nSPS) is 24.0. The molecule has 1 aliphatic rings. The number of carbonyl (C=O) groups excluding carboxylic acids is 1. The Bertz CT molecular complexity index is 468. The predicted molar refractivity (Wildman–Crippen MR) is 62.3 cm³/mol. The minimum Gasteiger partial charge on any atom is -0.475 e. The van der Waals surface area contributed by atoms with Crippen LogP contribution in [0.25, 0.3) is 0 Å². The van der Waals surface area contributed by atoms with Gasteiger partial charge in [-0.25, -0.2) is 4.79 Å². The fraction of sp³-hybridized carbons (Fsp3) is 0.583. The average molecular weight is 252 g/mol. The van der Waals surface area contributed by atoms with Gasteiger partial charge in [-0.2, -0.15) is 0 Å². The Morgan fingerprint density at radius 1 is 1.44 bits per heavy atom. The molecule has 1 amide bonds. The first-order valence-electron chi connectivity index (χ1n) is 5.98. The quantitative estimate of drug-likeness (QED) is 0.862. The van der Waals surface area contributed by atoms with Gasteiger partial charge >= 0.3 is 5.97 Å². The second kappa shape index (κ2) is 4.80. The molecule has 6 nitrogen and oxygen atoms in total. The standard InChI is InChI=1S/C12H16N2O4/c1-7-3-4-14(6-8(7)2)11(15)9-5-10(12(16)17)18-13-9/h5,7-8H,3-4,6H2,1-2H3,(H,16,17). The Morgan fingerprint density at radius 2 is 2.17 bits per heavy atom. The fourth-order valence-corrected chi connectivity index (χ4v) is 2.09. The molecule has 2 rings (SSSR count). The van der Waals surface area contributed by atoms with Crippen molar-refractivity contribution < 1.29 is 19.2 Å². The summed E-state index contributed by atoms with van der Waals surface area (Å²) in [5, 5.41) is 12.2. The van der Waals surface area contributed by atoms with Gasteiger partial charge in [0, 0.05) is 19.2 Å². The highest BCUT2D eigenvalue weighted by Gasteiger charge is 2.28. The molecule has 0 aromatic carbocycles. The van der Waals surface area contributed by atoms with Crippen molar-refractivity contribution >= 4 is 11.9 Å². The third-order valence-corrected chi connectivity index (χ3v) is 3.56. The van der Waals surface area contributed by atoms with Gasteiger partial charge in [-0.3, -0.25) is 4.79 Å². The van der Waals surface area contributed by atoms with E-state index in [0.717, 1.165) is 6.42 Å². The highest BCUT2D eigenvalue weighted by molar-refractivity contribution is 5.94. The summed E-state index contributed by atoms with van der Waals surface area (Å²) in [5.41, 5.74) is 0.0640.